The molecule has 15 heterocycles. The monoisotopic (exact) mass is 2100 g/mol. The van der Waals surface area contributed by atoms with Crippen LogP contribution in [0.2, 0.25) is 0 Å². The molecule has 790 valence electrons. The van der Waals surface area contributed by atoms with Gasteiger partial charge in [0, 0.05) is 225 Å². The number of likely N-dealkylation sites (N-methyl/N-ethyl adjacent to an activating group) is 1. The number of pyridine rings is 1. The number of nitrogens with zero attached hydrogens (tertiary/aromatic N) is 37. The van der Waals surface area contributed by atoms with Crippen LogP contribution in [0.4, 0.5) is 17.1 Å². The van der Waals surface area contributed by atoms with E-state index in [1.165, 1.54) is 80.8 Å². The second-order valence-corrected chi connectivity index (χ2v) is 41.7. The van der Waals surface area contributed by atoms with Crippen LogP contribution in [-0.4, -0.2) is 284 Å². The van der Waals surface area contributed by atoms with Gasteiger partial charge in [-0.25, -0.2) is 29.0 Å². The predicted octanol–water partition coefficient (Wildman–Crippen LogP) is 15.0. The third-order valence-electron chi connectivity index (χ3n) is 26.3. The van der Waals surface area contributed by atoms with Crippen molar-refractivity contribution >= 4 is 81.9 Å². The number of benzene rings is 6. The molecule has 39 nitrogen and oxygen atoms in total. The van der Waals surface area contributed by atoms with Crippen LogP contribution in [-0.2, 0) is 73.0 Å². The summed E-state index contributed by atoms with van der Waals surface area (Å²) in [5.74, 6) is 4.01. The van der Waals surface area contributed by atoms with Gasteiger partial charge in [-0.15, -0.1) is 40.5 Å². The molecule has 4 aliphatic heterocycles. The van der Waals surface area contributed by atoms with Crippen molar-refractivity contribution in [2.75, 3.05) is 127 Å². The summed E-state index contributed by atoms with van der Waals surface area (Å²) < 4.78 is 28.0. The highest BCUT2D eigenvalue weighted by Crippen LogP contribution is 2.32. The molecule has 0 radical (unpaired) electrons. The molecule has 21 rings (SSSR count). The van der Waals surface area contributed by atoms with E-state index in [0.29, 0.717) is 11.3 Å². The molecule has 43 heteroatoms. The van der Waals surface area contributed by atoms with E-state index in [9.17, 15) is 4.79 Å². The van der Waals surface area contributed by atoms with Crippen LogP contribution in [0.5, 0.6) is 5.75 Å². The highest BCUT2D eigenvalue weighted by molar-refractivity contribution is 7.80. The van der Waals surface area contributed by atoms with Crippen molar-refractivity contribution in [2.45, 2.75) is 113 Å². The number of aromatic nitrogens is 30. The maximum Gasteiger partial charge on any atom is 0.260 e. The lowest BCUT2D eigenvalue weighted by atomic mass is 9.82. The minimum absolute atomic E-state index is 0.00463. The molecular formula is C107H141N37O2S4. The third-order valence-corrected chi connectivity index (χ3v) is 28.3. The second kappa shape index (κ2) is 52.9. The van der Waals surface area contributed by atoms with Gasteiger partial charge in [-0.05, 0) is 251 Å². The summed E-state index contributed by atoms with van der Waals surface area (Å²) in [6.07, 6.45) is 30.6. The highest BCUT2D eigenvalue weighted by atomic mass is 32.1. The van der Waals surface area contributed by atoms with Gasteiger partial charge in [0.05, 0.1) is 78.9 Å². The average molecular weight is 2110 g/mol. The fourth-order valence-corrected chi connectivity index (χ4v) is 16.8. The maximum atomic E-state index is 11.6. The number of ether oxygens (including phenoxy) is 1. The van der Waals surface area contributed by atoms with E-state index < -0.39 is 0 Å². The van der Waals surface area contributed by atoms with Crippen molar-refractivity contribution in [1.82, 2.24) is 167 Å². The van der Waals surface area contributed by atoms with Gasteiger partial charge in [0.2, 0.25) is 0 Å². The van der Waals surface area contributed by atoms with Gasteiger partial charge in [0.25, 0.3) is 5.56 Å². The lowest BCUT2D eigenvalue weighted by Gasteiger charge is -2.36. The normalized spacial score (nSPS) is 14.0. The molecule has 6 aromatic carbocycles. The van der Waals surface area contributed by atoms with Crippen molar-refractivity contribution in [2.24, 2.45) is 60.7 Å². The number of tetrazole rings is 3. The number of aryl methyl sites for hydroxylation is 8. The first-order valence-electron chi connectivity index (χ1n) is 50.1. The smallest absolute Gasteiger partial charge is 0.260 e. The molecule has 150 heavy (non-hydrogen) atoms. The molecule has 0 bridgehead atoms. The van der Waals surface area contributed by atoms with Crippen LogP contribution in [0.25, 0.3) is 45.2 Å². The summed E-state index contributed by atoms with van der Waals surface area (Å²) in [5, 5.41) is 55.9. The van der Waals surface area contributed by atoms with Gasteiger partial charge in [-0.3, -0.25) is 33.0 Å². The van der Waals surface area contributed by atoms with E-state index in [1.54, 1.807) is 64.1 Å². The number of imidazole rings is 3. The van der Waals surface area contributed by atoms with E-state index in [1.807, 2.05) is 229 Å². The Balaban J connectivity index is 0.000000143. The zero-order valence-corrected chi connectivity index (χ0v) is 93.1. The number of hydrogen-bond acceptors (Lipinski definition) is 28. The van der Waals surface area contributed by atoms with Crippen LogP contribution in [0.15, 0.2) is 262 Å². The van der Waals surface area contributed by atoms with Crippen LogP contribution in [0.3, 0.4) is 0 Å². The van der Waals surface area contributed by atoms with Crippen LogP contribution >= 0.6 is 48.9 Å². The summed E-state index contributed by atoms with van der Waals surface area (Å²) in [6.45, 7) is 44.1. The lowest BCUT2D eigenvalue weighted by molar-refractivity contribution is 0.130. The van der Waals surface area contributed by atoms with Gasteiger partial charge in [-0.2, -0.15) is 9.90 Å². The number of rotatable bonds is 19. The van der Waals surface area contributed by atoms with Gasteiger partial charge < -0.3 is 47.5 Å². The van der Waals surface area contributed by atoms with E-state index in [4.69, 9.17) is 53.6 Å². The number of piperidine rings is 1. The molecule has 0 spiro atoms. The Hall–Kier alpha value is -14.8. The Kier molecular flexibility index (Phi) is 39.6. The predicted molar refractivity (Wildman–Crippen MR) is 601 cm³/mol. The maximum absolute atomic E-state index is 11.6. The molecule has 11 aromatic heterocycles. The second-order valence-electron chi connectivity index (χ2n) is 40.3. The van der Waals surface area contributed by atoms with Crippen LogP contribution < -0.4 is 25.0 Å². The van der Waals surface area contributed by atoms with Gasteiger partial charge >= 0.3 is 0 Å². The van der Waals surface area contributed by atoms with Crippen molar-refractivity contribution in [1.29, 1.82) is 0 Å². The first-order chi connectivity index (χ1) is 71.8. The Morgan fingerprint density at radius 3 is 1.42 bits per heavy atom. The molecule has 4 aliphatic rings. The fourth-order valence-electron chi connectivity index (χ4n) is 15.9. The molecule has 0 atom stereocenters. The zero-order chi connectivity index (χ0) is 107. The first kappa shape index (κ1) is 112. The van der Waals surface area contributed by atoms with Gasteiger partial charge in [0.1, 0.15) is 18.4 Å². The Morgan fingerprint density at radius 2 is 0.993 bits per heavy atom. The molecule has 4 fully saturated rings. The van der Waals surface area contributed by atoms with Gasteiger partial charge in [-0.1, -0.05) is 122 Å². The summed E-state index contributed by atoms with van der Waals surface area (Å²) in [4.78, 5) is 43.2. The van der Waals surface area contributed by atoms with Crippen molar-refractivity contribution in [3.05, 3.63) is 310 Å². The number of thiocarbonyl (C=S) groups is 1. The third kappa shape index (κ3) is 31.9. The lowest BCUT2D eigenvalue weighted by Crippen LogP contribution is -2.47. The topological polar surface area (TPSA) is 332 Å². The standard InChI is InChI=1S/2C18H28N6.C17H24N2OS.C12H11N5S.C11H10N6S.C11H12N6S.C10H10N2O.C7H13N.C3H5N3/c1-18(2,3)15-6-5-7-16(14-15)24-12-10-23(11-13-24)9-8-17-19-20-21-22(17)4;1-18(2,3)15-6-5-7-16(14-15)24-12-10-23(11-13-24)9-8-17-19-21-22(4)20-17;1-13(2)17(3,4)12-20-15-8-6-14(7-9-15)19-11-10-18(5)16(19)21;1-15-8-9-16(12(15)18)10-2-4-11(5-3-10)17-7-6-13-14-17;1-15-6-7-16(11(15)18)9-2-4-10(5-3-9)17-13-8-12-14-17;1-15-6-7-16(11(15)18)9-2-3-10(12-8-9)17-5-4-13-14-17;1-7-3-4-8-9(5-7)11-6-12(2)10(8)13;1-7-3-5-8(2)6-4-7;1-6-3-4-2-5-6/h2*5-7,14H,8-13H2,1-4H3;6-11,13H,12H2,1-5H3;2-9H,1H3;2-8H,1H3;2-5,8H,6-7H2,1H3;3-6H,1-2H3;1,3-6H2,2H3;2-3H,1H3. The quantitative estimate of drug-likeness (QED) is 0.0536. The molecule has 0 unspecified atom stereocenters. The van der Waals surface area contributed by atoms with Crippen molar-refractivity contribution in [3.63, 3.8) is 0 Å². The number of piperazine rings is 2. The van der Waals surface area contributed by atoms with E-state index >= 15 is 0 Å². The molecule has 4 saturated heterocycles. The van der Waals surface area contributed by atoms with E-state index in [2.05, 4.69) is 253 Å². The number of hydrogen-bond donors (Lipinski definition) is 0. The largest absolute Gasteiger partial charge is 0.493 e. The van der Waals surface area contributed by atoms with Crippen LogP contribution in [0, 0.1) is 32.6 Å². The summed E-state index contributed by atoms with van der Waals surface area (Å²) >= 11 is 21.3. The SMILES string of the molecule is C=C1CCN(C)CC1.CC(C)C(C)(C)COc1ccc(-n2ccn(C)c2=S)cc1.CN1CCN(c2ccc(-n3ccnn3)nc2)C1=S.Cc1ccc2c(=O)n(C)cnc2c1.Cn1ccn(-c2ccc(-n3ccnn3)cc2)c1=S.Cn1ccn(-c2ccc(-n3ncnn3)cc2)c1=S.Cn1cncn1.Cn1nnc(CCN2CCN(c3cccc(C(C)(C)C)c3)CC2)n1.Cn1nnnc1CCN1CCN(c2cccc(C(C)(C)C)c2)CC1. The molecule has 0 amide bonds. The fraction of sp³-hybridized carbons (Fsp3) is 0.402. The Bertz CT molecular complexity index is 7170. The van der Waals surface area contributed by atoms with Crippen molar-refractivity contribution in [3.8, 4) is 40.0 Å². The number of fused-ring (bicyclic) bond motifs is 1. The molecule has 0 saturated carbocycles. The average Bonchev–Trinajstić information content (AvgIpc) is 1.81. The summed E-state index contributed by atoms with van der Waals surface area (Å²) in [6, 6.07) is 51.4. The van der Waals surface area contributed by atoms with E-state index in [-0.39, 0.29) is 21.8 Å². The Morgan fingerprint density at radius 1 is 0.467 bits per heavy atom. The first-order valence-corrected chi connectivity index (χ1v) is 51.7. The van der Waals surface area contributed by atoms with Crippen molar-refractivity contribution < 1.29 is 4.74 Å². The Labute approximate surface area is 898 Å². The minimum Gasteiger partial charge on any atom is -0.493 e. The minimum atomic E-state index is 0.00463. The molecule has 17 aromatic rings. The highest BCUT2D eigenvalue weighted by Gasteiger charge is 2.27. The number of likely N-dealkylation sites (tertiary alicyclic amines) is 1. The molecule has 0 aliphatic carbocycles. The summed E-state index contributed by atoms with van der Waals surface area (Å²) in [5.41, 5.74) is 15.3. The van der Waals surface area contributed by atoms with E-state index in [0.717, 1.165) is 186 Å². The number of anilines is 3. The summed E-state index contributed by atoms with van der Waals surface area (Å²) in [7, 11) is 17.2. The van der Waals surface area contributed by atoms with Gasteiger partial charge in [0.15, 0.2) is 43.2 Å². The zero-order valence-electron chi connectivity index (χ0n) is 89.8. The molecule has 0 N–H and O–H groups in total. The van der Waals surface area contributed by atoms with Crippen LogP contribution in [0.1, 0.15) is 110 Å². The molecular weight excluding hydrogens is 1960 g/mol.